The highest BCUT2D eigenvalue weighted by molar-refractivity contribution is 5.66. The van der Waals surface area contributed by atoms with Crippen LogP contribution in [0.5, 0.6) is 0 Å². The van der Waals surface area contributed by atoms with E-state index in [1.54, 1.807) is 0 Å². The third-order valence-corrected chi connectivity index (χ3v) is 2.15. The van der Waals surface area contributed by atoms with Crippen LogP contribution < -0.4 is 0 Å². The van der Waals surface area contributed by atoms with E-state index in [9.17, 15) is 0 Å². The summed E-state index contributed by atoms with van der Waals surface area (Å²) >= 11 is 0. The minimum atomic E-state index is -0.244. The van der Waals surface area contributed by atoms with Crippen molar-refractivity contribution in [1.82, 2.24) is 0 Å². The molecule has 0 spiro atoms. The molecule has 0 aromatic carbocycles. The highest BCUT2D eigenvalue weighted by atomic mass is 16.4. The minimum Gasteiger partial charge on any atom is -0.411 e. The lowest BCUT2D eigenvalue weighted by molar-refractivity contribution is 0.317. The van der Waals surface area contributed by atoms with Gasteiger partial charge in [0, 0.05) is 5.41 Å². The molecule has 0 saturated heterocycles. The summed E-state index contributed by atoms with van der Waals surface area (Å²) in [5.74, 6) is 0. The van der Waals surface area contributed by atoms with Crippen LogP contribution in [-0.4, -0.2) is 11.4 Å². The van der Waals surface area contributed by atoms with Gasteiger partial charge in [-0.3, -0.25) is 0 Å². The number of rotatable bonds is 5. The molecule has 16 heavy (non-hydrogen) atoms. The topological polar surface area (TPSA) is 32.6 Å². The van der Waals surface area contributed by atoms with E-state index in [4.69, 9.17) is 5.21 Å². The summed E-state index contributed by atoms with van der Waals surface area (Å²) in [6, 6.07) is 0. The van der Waals surface area contributed by atoms with Crippen molar-refractivity contribution in [2.75, 3.05) is 0 Å². The molecule has 0 aromatic heterocycles. The van der Waals surface area contributed by atoms with Gasteiger partial charge in [-0.1, -0.05) is 25.5 Å². The first kappa shape index (κ1) is 14.7. The summed E-state index contributed by atoms with van der Waals surface area (Å²) in [5, 5.41) is 11.5. The maximum atomic E-state index is 8.48. The summed E-state index contributed by atoms with van der Waals surface area (Å²) in [5.41, 5.74) is 5.57. The van der Waals surface area contributed by atoms with E-state index >= 15 is 0 Å². The molecule has 0 atom stereocenters. The van der Waals surface area contributed by atoms with E-state index in [1.807, 2.05) is 19.9 Å². The van der Waals surface area contributed by atoms with Gasteiger partial charge in [-0.15, -0.1) is 10.9 Å². The van der Waals surface area contributed by atoms with Crippen LogP contribution in [0.15, 0.2) is 34.2 Å². The molecule has 0 rings (SSSR count). The largest absolute Gasteiger partial charge is 0.411 e. The Kier molecular flexibility index (Phi) is 6.52. The van der Waals surface area contributed by atoms with E-state index in [0.717, 1.165) is 12.8 Å². The minimum absolute atomic E-state index is 0.244. The van der Waals surface area contributed by atoms with Crippen LogP contribution in [0.4, 0.5) is 0 Å². The molecule has 0 aliphatic heterocycles. The third-order valence-electron chi connectivity index (χ3n) is 2.15. The summed E-state index contributed by atoms with van der Waals surface area (Å²) in [6.45, 7) is 10.2. The normalized spacial score (nSPS) is 11.1. The van der Waals surface area contributed by atoms with Gasteiger partial charge in [0.25, 0.3) is 0 Å². The molecule has 1 N–H and O–H groups in total. The smallest absolute Gasteiger partial charge is 0.0536 e. The zero-order chi connectivity index (χ0) is 12.6. The molecular weight excluding hydrogens is 198 g/mol. The average molecular weight is 221 g/mol. The van der Waals surface area contributed by atoms with Gasteiger partial charge in [0.15, 0.2) is 0 Å². The van der Waals surface area contributed by atoms with Crippen molar-refractivity contribution in [3.63, 3.8) is 0 Å². The van der Waals surface area contributed by atoms with Gasteiger partial charge < -0.3 is 5.21 Å². The molecule has 2 nitrogen and oxygen atoms in total. The highest BCUT2D eigenvalue weighted by Crippen LogP contribution is 2.14. The Morgan fingerprint density at radius 1 is 1.31 bits per heavy atom. The quantitative estimate of drug-likeness (QED) is 0.242. The van der Waals surface area contributed by atoms with Gasteiger partial charge >= 0.3 is 0 Å². The zero-order valence-corrected chi connectivity index (χ0v) is 11.0. The SMILES string of the molecule is CC(=C=CC(C)(C)C=NO)CCC=C(C)C. The Morgan fingerprint density at radius 2 is 1.94 bits per heavy atom. The van der Waals surface area contributed by atoms with Crippen LogP contribution in [0.25, 0.3) is 0 Å². The zero-order valence-electron chi connectivity index (χ0n) is 11.0. The van der Waals surface area contributed by atoms with E-state index in [1.165, 1.54) is 17.4 Å². The number of hydrogen-bond acceptors (Lipinski definition) is 2. The predicted octanol–water partition coefficient (Wildman–Crippen LogP) is 4.32. The molecule has 0 bridgehead atoms. The lowest BCUT2D eigenvalue weighted by Crippen LogP contribution is -2.08. The first-order valence-electron chi connectivity index (χ1n) is 5.62. The Balaban J connectivity index is 4.42. The molecule has 0 aromatic rings. The van der Waals surface area contributed by atoms with Crippen LogP contribution in [-0.2, 0) is 0 Å². The summed E-state index contributed by atoms with van der Waals surface area (Å²) in [6.07, 6.45) is 7.75. The Hall–Kier alpha value is -1.27. The second-order valence-corrected chi connectivity index (χ2v) is 4.96. The van der Waals surface area contributed by atoms with Crippen molar-refractivity contribution in [2.24, 2.45) is 10.6 Å². The molecular formula is C14H23NO. The molecule has 0 aliphatic carbocycles. The van der Waals surface area contributed by atoms with Crippen molar-refractivity contribution < 1.29 is 5.21 Å². The van der Waals surface area contributed by atoms with Crippen LogP contribution in [0, 0.1) is 5.41 Å². The molecule has 0 unspecified atom stereocenters. The third kappa shape index (κ3) is 8.07. The second-order valence-electron chi connectivity index (χ2n) is 4.96. The first-order chi connectivity index (χ1) is 7.37. The average Bonchev–Trinajstić information content (AvgIpc) is 2.14. The fraction of sp³-hybridized carbons (Fsp3) is 0.571. The molecule has 2 heteroatoms. The summed E-state index contributed by atoms with van der Waals surface area (Å²) in [7, 11) is 0. The molecule has 90 valence electrons. The van der Waals surface area contributed by atoms with Gasteiger partial charge in [0.1, 0.15) is 0 Å². The summed E-state index contributed by atoms with van der Waals surface area (Å²) < 4.78 is 0. The lowest BCUT2D eigenvalue weighted by atomic mass is 9.95. The Bertz CT molecular complexity index is 325. The Morgan fingerprint density at radius 3 is 2.44 bits per heavy atom. The maximum absolute atomic E-state index is 8.48. The highest BCUT2D eigenvalue weighted by Gasteiger charge is 2.09. The van der Waals surface area contributed by atoms with Crippen molar-refractivity contribution >= 4 is 6.21 Å². The van der Waals surface area contributed by atoms with Crippen molar-refractivity contribution in [1.29, 1.82) is 0 Å². The number of hydrogen-bond donors (Lipinski definition) is 1. The number of oxime groups is 1. The van der Waals surface area contributed by atoms with Gasteiger partial charge in [-0.05, 0) is 45.3 Å². The Labute approximate surface area is 99.1 Å². The van der Waals surface area contributed by atoms with E-state index in [2.05, 4.69) is 37.7 Å². The van der Waals surface area contributed by atoms with Gasteiger partial charge in [0.2, 0.25) is 0 Å². The lowest BCUT2D eigenvalue weighted by Gasteiger charge is -2.09. The summed E-state index contributed by atoms with van der Waals surface area (Å²) in [4.78, 5) is 0. The van der Waals surface area contributed by atoms with Crippen LogP contribution in [0.1, 0.15) is 47.5 Å². The fourth-order valence-corrected chi connectivity index (χ4v) is 1.14. The fourth-order valence-electron chi connectivity index (χ4n) is 1.14. The van der Waals surface area contributed by atoms with Crippen molar-refractivity contribution in [3.8, 4) is 0 Å². The van der Waals surface area contributed by atoms with Crippen molar-refractivity contribution in [3.05, 3.63) is 29.0 Å². The van der Waals surface area contributed by atoms with Gasteiger partial charge in [-0.2, -0.15) is 0 Å². The van der Waals surface area contributed by atoms with Gasteiger partial charge in [0.05, 0.1) is 6.21 Å². The number of allylic oxidation sites excluding steroid dienone is 3. The molecule has 0 amide bonds. The molecule has 0 radical (unpaired) electrons. The molecule has 0 aliphatic rings. The monoisotopic (exact) mass is 221 g/mol. The van der Waals surface area contributed by atoms with Crippen LogP contribution in [0.3, 0.4) is 0 Å². The van der Waals surface area contributed by atoms with Crippen LogP contribution >= 0.6 is 0 Å². The molecule has 0 fully saturated rings. The van der Waals surface area contributed by atoms with E-state index in [0.29, 0.717) is 0 Å². The van der Waals surface area contributed by atoms with Gasteiger partial charge in [-0.25, -0.2) is 0 Å². The number of nitrogens with zero attached hydrogens (tertiary/aromatic N) is 1. The molecule has 0 saturated carbocycles. The molecule has 0 heterocycles. The maximum Gasteiger partial charge on any atom is 0.0536 e. The van der Waals surface area contributed by atoms with Crippen molar-refractivity contribution in [2.45, 2.75) is 47.5 Å². The standard InChI is InChI=1S/C14H23NO/c1-12(2)7-6-8-13(3)9-10-14(4,5)11-15-16/h7,10-11,16H,6,8H2,1-5H3. The van der Waals surface area contributed by atoms with Crippen LogP contribution in [0.2, 0.25) is 0 Å². The predicted molar refractivity (Wildman–Crippen MR) is 70.0 cm³/mol. The first-order valence-corrected chi connectivity index (χ1v) is 5.62. The van der Waals surface area contributed by atoms with E-state index < -0.39 is 0 Å². The second kappa shape index (κ2) is 7.08. The van der Waals surface area contributed by atoms with E-state index in [-0.39, 0.29) is 5.41 Å².